The van der Waals surface area contributed by atoms with Gasteiger partial charge in [-0.05, 0) is 75.4 Å². The Morgan fingerprint density at radius 1 is 1.08 bits per heavy atom. The normalized spacial score (nSPS) is 14.9. The summed E-state index contributed by atoms with van der Waals surface area (Å²) in [5, 5.41) is 18.5. The van der Waals surface area contributed by atoms with Crippen LogP contribution in [0.15, 0.2) is 36.4 Å². The van der Waals surface area contributed by atoms with Crippen LogP contribution in [-0.4, -0.2) is 58.6 Å². The summed E-state index contributed by atoms with van der Waals surface area (Å²) in [6.07, 6.45) is 1.72. The topological polar surface area (TPSA) is 96.9 Å². The molecule has 1 atom stereocenters. The summed E-state index contributed by atoms with van der Waals surface area (Å²) in [7, 11) is 0. The number of aromatic nitrogens is 2. The van der Waals surface area contributed by atoms with E-state index in [2.05, 4.69) is 24.0 Å². The minimum Gasteiger partial charge on any atom is -0.507 e. The Hall–Kier alpha value is -3.23. The number of benzene rings is 2. The lowest BCUT2D eigenvalue weighted by atomic mass is 9.95. The summed E-state index contributed by atoms with van der Waals surface area (Å²) >= 11 is 6.27. The van der Waals surface area contributed by atoms with Crippen molar-refractivity contribution < 1.29 is 24.1 Å². The number of H-pyrrole nitrogens is 1. The Morgan fingerprint density at radius 2 is 1.87 bits per heavy atom. The van der Waals surface area contributed by atoms with E-state index in [9.17, 15) is 9.90 Å². The third-order valence-corrected chi connectivity index (χ3v) is 6.84. The standard InChI is InChI=1S/C30H38ClN3O5/c1-6-37-25-16-20(8-11-24(25)39-15-12-18(2)3)29-26-27(22-17-21(31)9-10-23(22)35)32-33-28(26)30(36)34(29)13-7-14-38-19(4)5/h8-11,16-19,29,35H,6-7,12-15H2,1-5H3,(H,32,33). The lowest BCUT2D eigenvalue weighted by molar-refractivity contribution is 0.0601. The van der Waals surface area contributed by atoms with Crippen LogP contribution in [0.25, 0.3) is 11.3 Å². The predicted molar refractivity (Wildman–Crippen MR) is 152 cm³/mol. The Morgan fingerprint density at radius 3 is 2.59 bits per heavy atom. The zero-order valence-electron chi connectivity index (χ0n) is 23.3. The van der Waals surface area contributed by atoms with Crippen molar-refractivity contribution in [2.45, 2.75) is 59.6 Å². The lowest BCUT2D eigenvalue weighted by Crippen LogP contribution is -2.31. The number of nitrogens with one attached hydrogen (secondary N) is 1. The number of aromatic hydroxyl groups is 1. The van der Waals surface area contributed by atoms with Gasteiger partial charge in [0.1, 0.15) is 17.1 Å². The third kappa shape index (κ3) is 6.50. The highest BCUT2D eigenvalue weighted by atomic mass is 35.5. The minimum absolute atomic E-state index is 0.0348. The molecule has 0 radical (unpaired) electrons. The molecule has 1 aliphatic heterocycles. The number of halogens is 1. The number of ether oxygens (including phenoxy) is 3. The molecule has 1 aliphatic rings. The fraction of sp³-hybridized carbons (Fsp3) is 0.467. The van der Waals surface area contributed by atoms with Crippen LogP contribution >= 0.6 is 11.6 Å². The molecule has 2 aromatic carbocycles. The first-order valence-corrected chi connectivity index (χ1v) is 14.0. The molecular weight excluding hydrogens is 518 g/mol. The van der Waals surface area contributed by atoms with Crippen LogP contribution in [0.5, 0.6) is 17.2 Å². The van der Waals surface area contributed by atoms with Gasteiger partial charge in [-0.25, -0.2) is 0 Å². The van der Waals surface area contributed by atoms with Gasteiger partial charge in [-0.3, -0.25) is 9.89 Å². The second-order valence-electron chi connectivity index (χ2n) is 10.4. The van der Waals surface area contributed by atoms with E-state index >= 15 is 0 Å². The van der Waals surface area contributed by atoms with E-state index in [1.165, 1.54) is 6.07 Å². The zero-order chi connectivity index (χ0) is 28.1. The van der Waals surface area contributed by atoms with Crippen LogP contribution in [0.3, 0.4) is 0 Å². The number of rotatable bonds is 13. The number of carbonyl (C=O) groups is 1. The van der Waals surface area contributed by atoms with Gasteiger partial charge in [0.2, 0.25) is 0 Å². The molecule has 8 nitrogen and oxygen atoms in total. The lowest BCUT2D eigenvalue weighted by Gasteiger charge is -2.27. The number of phenols is 1. The largest absolute Gasteiger partial charge is 0.507 e. The first-order chi connectivity index (χ1) is 18.7. The van der Waals surface area contributed by atoms with E-state index in [4.69, 9.17) is 25.8 Å². The molecule has 39 heavy (non-hydrogen) atoms. The summed E-state index contributed by atoms with van der Waals surface area (Å²) in [5.74, 6) is 1.70. The van der Waals surface area contributed by atoms with Crippen molar-refractivity contribution in [3.05, 3.63) is 58.2 Å². The highest BCUT2D eigenvalue weighted by Gasteiger charge is 2.42. The smallest absolute Gasteiger partial charge is 0.273 e. The maximum Gasteiger partial charge on any atom is 0.273 e. The van der Waals surface area contributed by atoms with Crippen LogP contribution in [-0.2, 0) is 4.74 Å². The Labute approximate surface area is 235 Å². The zero-order valence-corrected chi connectivity index (χ0v) is 24.0. The molecule has 9 heteroatoms. The summed E-state index contributed by atoms with van der Waals surface area (Å²) in [6.45, 7) is 12.3. The molecular formula is C30H38ClN3O5. The third-order valence-electron chi connectivity index (χ3n) is 6.61. The summed E-state index contributed by atoms with van der Waals surface area (Å²) in [6, 6.07) is 10.2. The van der Waals surface area contributed by atoms with Crippen molar-refractivity contribution in [2.75, 3.05) is 26.4 Å². The predicted octanol–water partition coefficient (Wildman–Crippen LogP) is 6.62. The molecule has 0 saturated carbocycles. The molecule has 0 aliphatic carbocycles. The highest BCUT2D eigenvalue weighted by Crippen LogP contribution is 2.46. The first-order valence-electron chi connectivity index (χ1n) is 13.6. The highest BCUT2D eigenvalue weighted by molar-refractivity contribution is 6.31. The van der Waals surface area contributed by atoms with Crippen molar-refractivity contribution in [3.8, 4) is 28.5 Å². The number of carbonyl (C=O) groups excluding carboxylic acids is 1. The molecule has 1 aromatic heterocycles. The quantitative estimate of drug-likeness (QED) is 0.230. The van der Waals surface area contributed by atoms with E-state index in [1.54, 1.807) is 12.1 Å². The maximum atomic E-state index is 13.7. The monoisotopic (exact) mass is 555 g/mol. The van der Waals surface area contributed by atoms with Gasteiger partial charge in [0, 0.05) is 29.3 Å². The van der Waals surface area contributed by atoms with Crippen molar-refractivity contribution in [3.63, 3.8) is 0 Å². The van der Waals surface area contributed by atoms with E-state index in [0.29, 0.717) is 77.7 Å². The molecule has 0 saturated heterocycles. The molecule has 0 spiro atoms. The van der Waals surface area contributed by atoms with Gasteiger partial charge in [0.15, 0.2) is 11.5 Å². The SMILES string of the molecule is CCOc1cc(C2c3c(-c4cc(Cl)ccc4O)n[nH]c3C(=O)N2CCCOC(C)C)ccc1OCCC(C)C. The second-order valence-corrected chi connectivity index (χ2v) is 10.8. The Bertz CT molecular complexity index is 1290. The fourth-order valence-electron chi connectivity index (χ4n) is 4.72. The molecule has 0 fully saturated rings. The molecule has 2 N–H and O–H groups in total. The molecule has 2 heterocycles. The summed E-state index contributed by atoms with van der Waals surface area (Å²) < 4.78 is 17.8. The van der Waals surface area contributed by atoms with E-state index < -0.39 is 6.04 Å². The van der Waals surface area contributed by atoms with Crippen LogP contribution < -0.4 is 9.47 Å². The van der Waals surface area contributed by atoms with Gasteiger partial charge < -0.3 is 24.2 Å². The number of amides is 1. The first kappa shape index (κ1) is 28.8. The molecule has 4 rings (SSSR count). The minimum atomic E-state index is -0.456. The van der Waals surface area contributed by atoms with Crippen molar-refractivity contribution in [1.29, 1.82) is 0 Å². The van der Waals surface area contributed by atoms with E-state index in [-0.39, 0.29) is 17.8 Å². The van der Waals surface area contributed by atoms with Gasteiger partial charge in [0.05, 0.1) is 25.4 Å². The fourth-order valence-corrected chi connectivity index (χ4v) is 4.89. The van der Waals surface area contributed by atoms with E-state index in [0.717, 1.165) is 12.0 Å². The van der Waals surface area contributed by atoms with Crippen LogP contribution in [0.1, 0.15) is 75.1 Å². The van der Waals surface area contributed by atoms with E-state index in [1.807, 2.05) is 43.9 Å². The van der Waals surface area contributed by atoms with Crippen molar-refractivity contribution in [1.82, 2.24) is 15.1 Å². The summed E-state index contributed by atoms with van der Waals surface area (Å²) in [4.78, 5) is 15.5. The van der Waals surface area contributed by atoms with Crippen molar-refractivity contribution >= 4 is 17.5 Å². The Kier molecular flexibility index (Phi) is 9.40. The maximum absolute atomic E-state index is 13.7. The van der Waals surface area contributed by atoms with Gasteiger partial charge in [-0.1, -0.05) is 31.5 Å². The number of hydrogen-bond acceptors (Lipinski definition) is 6. The number of aromatic amines is 1. The molecule has 1 unspecified atom stereocenters. The van der Waals surface area contributed by atoms with Crippen molar-refractivity contribution in [2.24, 2.45) is 5.92 Å². The van der Waals surface area contributed by atoms with Gasteiger partial charge in [-0.2, -0.15) is 5.10 Å². The molecule has 0 bridgehead atoms. The van der Waals surface area contributed by atoms with Gasteiger partial charge >= 0.3 is 0 Å². The number of phenolic OH excluding ortho intramolecular Hbond substituents is 1. The molecule has 210 valence electrons. The number of hydrogen-bond donors (Lipinski definition) is 2. The molecule has 1 amide bonds. The molecule has 3 aromatic rings. The number of fused-ring (bicyclic) bond motifs is 1. The summed E-state index contributed by atoms with van der Waals surface area (Å²) in [5.41, 5.74) is 2.89. The van der Waals surface area contributed by atoms with Gasteiger partial charge in [0.25, 0.3) is 5.91 Å². The second kappa shape index (κ2) is 12.7. The Balaban J connectivity index is 1.76. The van der Waals surface area contributed by atoms with Crippen LogP contribution in [0.2, 0.25) is 5.02 Å². The average molecular weight is 556 g/mol. The van der Waals surface area contributed by atoms with Crippen LogP contribution in [0.4, 0.5) is 0 Å². The average Bonchev–Trinajstić information content (AvgIpc) is 3.43. The van der Waals surface area contributed by atoms with Crippen LogP contribution in [0, 0.1) is 5.92 Å². The van der Waals surface area contributed by atoms with Gasteiger partial charge in [-0.15, -0.1) is 0 Å². The number of nitrogens with zero attached hydrogens (tertiary/aromatic N) is 2.